The Balaban J connectivity index is 1.83. The molecule has 0 heterocycles. The van der Waals surface area contributed by atoms with Gasteiger partial charge in [-0.2, -0.15) is 0 Å². The Morgan fingerprint density at radius 1 is 1.42 bits per heavy atom. The lowest BCUT2D eigenvalue weighted by molar-refractivity contribution is 0.155. The van der Waals surface area contributed by atoms with Crippen molar-refractivity contribution in [2.75, 3.05) is 19.0 Å². The van der Waals surface area contributed by atoms with Crippen LogP contribution in [0, 0.1) is 5.92 Å². The Morgan fingerprint density at radius 3 is 2.84 bits per heavy atom. The zero-order chi connectivity index (χ0) is 13.7. The Bertz CT molecular complexity index is 405. The molecule has 1 aliphatic carbocycles. The first-order valence-corrected chi connectivity index (χ1v) is 7.32. The van der Waals surface area contributed by atoms with E-state index in [-0.39, 0.29) is 6.10 Å². The van der Waals surface area contributed by atoms with Gasteiger partial charge < -0.3 is 15.2 Å². The van der Waals surface area contributed by atoms with Crippen LogP contribution in [0.3, 0.4) is 0 Å². The molecule has 1 aliphatic rings. The van der Waals surface area contributed by atoms with Crippen molar-refractivity contribution in [1.29, 1.82) is 0 Å². The monoisotopic (exact) mass is 283 g/mol. The van der Waals surface area contributed by atoms with Gasteiger partial charge in [0.15, 0.2) is 0 Å². The van der Waals surface area contributed by atoms with E-state index in [0.717, 1.165) is 17.9 Å². The van der Waals surface area contributed by atoms with E-state index in [4.69, 9.17) is 16.3 Å². The maximum atomic E-state index is 10.1. The molecule has 19 heavy (non-hydrogen) atoms. The maximum Gasteiger partial charge on any atom is 0.121 e. The number of hydrogen-bond donors (Lipinski definition) is 2. The molecule has 0 aromatic heterocycles. The highest BCUT2D eigenvalue weighted by molar-refractivity contribution is 6.33. The van der Waals surface area contributed by atoms with Gasteiger partial charge in [-0.25, -0.2) is 0 Å². The second kappa shape index (κ2) is 7.01. The van der Waals surface area contributed by atoms with Crippen LogP contribution in [-0.2, 0) is 0 Å². The Labute approximate surface area is 119 Å². The molecule has 0 saturated heterocycles. The van der Waals surface area contributed by atoms with Crippen LogP contribution >= 0.6 is 11.6 Å². The summed E-state index contributed by atoms with van der Waals surface area (Å²) >= 11 is 6.11. The van der Waals surface area contributed by atoms with Gasteiger partial charge in [-0.15, -0.1) is 0 Å². The van der Waals surface area contributed by atoms with Gasteiger partial charge >= 0.3 is 0 Å². The second-order valence-electron chi connectivity index (χ2n) is 5.27. The molecule has 1 aromatic carbocycles. The van der Waals surface area contributed by atoms with E-state index in [9.17, 15) is 5.11 Å². The standard InChI is InChI=1S/C15H22ClNO2/c1-19-13-6-7-14(16)15(9-13)17-10-12(18)8-11-4-2-3-5-11/h6-7,9,11-12,17-18H,2-5,8,10H2,1H3. The number of anilines is 1. The van der Waals surface area contributed by atoms with Crippen molar-refractivity contribution in [3.05, 3.63) is 23.2 Å². The molecular weight excluding hydrogens is 262 g/mol. The zero-order valence-electron chi connectivity index (χ0n) is 11.4. The van der Waals surface area contributed by atoms with Crippen molar-refractivity contribution in [2.24, 2.45) is 5.92 Å². The number of methoxy groups -OCH3 is 1. The van der Waals surface area contributed by atoms with Gasteiger partial charge in [0, 0.05) is 12.6 Å². The highest BCUT2D eigenvalue weighted by atomic mass is 35.5. The van der Waals surface area contributed by atoms with Gasteiger partial charge in [0.1, 0.15) is 5.75 Å². The SMILES string of the molecule is COc1ccc(Cl)c(NCC(O)CC2CCCC2)c1. The van der Waals surface area contributed by atoms with E-state index < -0.39 is 0 Å². The molecule has 1 saturated carbocycles. The summed E-state index contributed by atoms with van der Waals surface area (Å²) in [6.07, 6.45) is 5.71. The van der Waals surface area contributed by atoms with Crippen molar-refractivity contribution in [3.63, 3.8) is 0 Å². The first-order valence-electron chi connectivity index (χ1n) is 6.94. The normalized spacial score (nSPS) is 17.4. The minimum Gasteiger partial charge on any atom is -0.497 e. The molecule has 1 fully saturated rings. The van der Waals surface area contributed by atoms with Crippen molar-refractivity contribution in [3.8, 4) is 5.75 Å². The number of nitrogens with one attached hydrogen (secondary N) is 1. The summed E-state index contributed by atoms with van der Waals surface area (Å²) in [6.45, 7) is 0.531. The molecule has 1 atom stereocenters. The minimum absolute atomic E-state index is 0.314. The second-order valence-corrected chi connectivity index (χ2v) is 5.67. The van der Waals surface area contributed by atoms with E-state index in [1.807, 2.05) is 12.1 Å². The van der Waals surface area contributed by atoms with E-state index >= 15 is 0 Å². The van der Waals surface area contributed by atoms with Crippen molar-refractivity contribution in [1.82, 2.24) is 0 Å². The molecule has 4 heteroatoms. The van der Waals surface area contributed by atoms with Gasteiger partial charge in [0.2, 0.25) is 0 Å². The summed E-state index contributed by atoms with van der Waals surface area (Å²) in [5, 5.41) is 13.9. The summed E-state index contributed by atoms with van der Waals surface area (Å²) < 4.78 is 5.16. The first kappa shape index (κ1) is 14.5. The molecule has 1 unspecified atom stereocenters. The van der Waals surface area contributed by atoms with Crippen molar-refractivity contribution in [2.45, 2.75) is 38.2 Å². The van der Waals surface area contributed by atoms with Crippen LogP contribution in [0.5, 0.6) is 5.75 Å². The number of hydrogen-bond acceptors (Lipinski definition) is 3. The molecule has 106 valence electrons. The number of rotatable bonds is 6. The van der Waals surface area contributed by atoms with E-state index in [1.165, 1.54) is 25.7 Å². The largest absolute Gasteiger partial charge is 0.497 e. The third-order valence-corrected chi connectivity index (χ3v) is 4.11. The number of halogens is 1. The van der Waals surface area contributed by atoms with Crippen molar-refractivity contribution < 1.29 is 9.84 Å². The molecule has 0 spiro atoms. The van der Waals surface area contributed by atoms with Gasteiger partial charge in [0.25, 0.3) is 0 Å². The topological polar surface area (TPSA) is 41.5 Å². The summed E-state index contributed by atoms with van der Waals surface area (Å²) in [6, 6.07) is 5.47. The predicted octanol–water partition coefficient (Wildman–Crippen LogP) is 3.70. The number of ether oxygens (including phenoxy) is 1. The highest BCUT2D eigenvalue weighted by Crippen LogP contribution is 2.29. The molecule has 3 nitrogen and oxygen atoms in total. The smallest absolute Gasteiger partial charge is 0.121 e. The summed E-state index contributed by atoms with van der Waals surface area (Å²) in [7, 11) is 1.63. The Kier molecular flexibility index (Phi) is 5.34. The maximum absolute atomic E-state index is 10.1. The first-order chi connectivity index (χ1) is 9.19. The van der Waals surface area contributed by atoms with E-state index in [1.54, 1.807) is 13.2 Å². The lowest BCUT2D eigenvalue weighted by atomic mass is 10.00. The Morgan fingerprint density at radius 2 is 2.16 bits per heavy atom. The summed E-state index contributed by atoms with van der Waals surface area (Å²) in [5.41, 5.74) is 0.812. The quantitative estimate of drug-likeness (QED) is 0.836. The van der Waals surface area contributed by atoms with E-state index in [0.29, 0.717) is 17.5 Å². The van der Waals surface area contributed by atoms with Crippen LogP contribution in [0.2, 0.25) is 5.02 Å². The third kappa shape index (κ3) is 4.29. The van der Waals surface area contributed by atoms with Gasteiger partial charge in [0.05, 0.1) is 23.9 Å². The molecule has 2 N–H and O–H groups in total. The van der Waals surface area contributed by atoms with Crippen LogP contribution in [0.4, 0.5) is 5.69 Å². The van der Waals surface area contributed by atoms with E-state index in [2.05, 4.69) is 5.32 Å². The average Bonchev–Trinajstić information content (AvgIpc) is 2.90. The summed E-state index contributed by atoms with van der Waals surface area (Å²) in [5.74, 6) is 1.45. The zero-order valence-corrected chi connectivity index (χ0v) is 12.1. The molecule has 1 aromatic rings. The van der Waals surface area contributed by atoms with Gasteiger partial charge in [-0.3, -0.25) is 0 Å². The molecule has 0 aliphatic heterocycles. The van der Waals surface area contributed by atoms with Crippen LogP contribution in [-0.4, -0.2) is 24.9 Å². The average molecular weight is 284 g/mol. The fourth-order valence-corrected chi connectivity index (χ4v) is 2.89. The molecule has 2 rings (SSSR count). The fourth-order valence-electron chi connectivity index (χ4n) is 2.71. The lowest BCUT2D eigenvalue weighted by Crippen LogP contribution is -2.22. The number of benzene rings is 1. The molecule has 0 bridgehead atoms. The van der Waals surface area contributed by atoms with Crippen LogP contribution in [0.15, 0.2) is 18.2 Å². The Hall–Kier alpha value is -0.930. The van der Waals surface area contributed by atoms with Crippen LogP contribution < -0.4 is 10.1 Å². The molecular formula is C15H22ClNO2. The van der Waals surface area contributed by atoms with Gasteiger partial charge in [-0.05, 0) is 24.5 Å². The number of aliphatic hydroxyl groups is 1. The molecule has 0 amide bonds. The fraction of sp³-hybridized carbons (Fsp3) is 0.600. The summed E-state index contributed by atoms with van der Waals surface area (Å²) in [4.78, 5) is 0. The molecule has 0 radical (unpaired) electrons. The number of aliphatic hydroxyl groups excluding tert-OH is 1. The van der Waals surface area contributed by atoms with Crippen LogP contribution in [0.1, 0.15) is 32.1 Å². The minimum atomic E-state index is -0.314. The predicted molar refractivity (Wildman–Crippen MR) is 79.1 cm³/mol. The highest BCUT2D eigenvalue weighted by Gasteiger charge is 2.18. The lowest BCUT2D eigenvalue weighted by Gasteiger charge is -2.17. The van der Waals surface area contributed by atoms with Crippen molar-refractivity contribution >= 4 is 17.3 Å². The van der Waals surface area contributed by atoms with Crippen LogP contribution in [0.25, 0.3) is 0 Å². The van der Waals surface area contributed by atoms with Gasteiger partial charge in [-0.1, -0.05) is 37.3 Å². The third-order valence-electron chi connectivity index (χ3n) is 3.78.